The summed E-state index contributed by atoms with van der Waals surface area (Å²) in [6.45, 7) is 4.41. The topological polar surface area (TPSA) is 100 Å². The number of nitrogens with zero attached hydrogens (tertiary/aromatic N) is 2. The van der Waals surface area contributed by atoms with Crippen molar-refractivity contribution < 1.29 is 23.9 Å². The average Bonchev–Trinajstić information content (AvgIpc) is 3.39. The van der Waals surface area contributed by atoms with Gasteiger partial charge in [0.1, 0.15) is 0 Å². The zero-order valence-corrected chi connectivity index (χ0v) is 25.0. The minimum atomic E-state index is -0.366. The number of ether oxygens (including phenoxy) is 2. The van der Waals surface area contributed by atoms with Crippen molar-refractivity contribution in [3.63, 3.8) is 0 Å². The molecule has 3 aliphatic carbocycles. The summed E-state index contributed by atoms with van der Waals surface area (Å²) in [7, 11) is 2.23. The molecule has 3 aliphatic heterocycles. The molecule has 0 aromatic heterocycles. The molecule has 0 radical (unpaired) electrons. The van der Waals surface area contributed by atoms with E-state index in [4.69, 9.17) is 9.47 Å². The first-order valence-electron chi connectivity index (χ1n) is 16.5. The Morgan fingerprint density at radius 3 is 2.68 bits per heavy atom. The third kappa shape index (κ3) is 5.83. The number of amides is 1. The van der Waals surface area contributed by atoms with E-state index in [-0.39, 0.29) is 72.4 Å². The molecule has 0 aromatic rings. The highest BCUT2D eigenvalue weighted by Gasteiger charge is 2.58. The minimum Gasteiger partial charge on any atom is -0.466 e. The molecule has 9 unspecified atom stereocenters. The van der Waals surface area contributed by atoms with Gasteiger partial charge < -0.3 is 29.9 Å². The van der Waals surface area contributed by atoms with E-state index in [1.54, 1.807) is 6.92 Å². The summed E-state index contributed by atoms with van der Waals surface area (Å²) in [5.41, 5.74) is 0.253. The van der Waals surface area contributed by atoms with Crippen molar-refractivity contribution in [2.24, 2.45) is 17.8 Å². The van der Waals surface area contributed by atoms with Crippen LogP contribution < -0.4 is 10.6 Å². The third-order valence-corrected chi connectivity index (χ3v) is 11.2. The highest BCUT2D eigenvalue weighted by Crippen LogP contribution is 2.50. The van der Waals surface area contributed by atoms with Crippen molar-refractivity contribution in [3.05, 3.63) is 11.8 Å². The molecule has 6 aliphatic rings. The normalized spacial score (nSPS) is 38.4. The van der Waals surface area contributed by atoms with Crippen LogP contribution in [0, 0.1) is 17.8 Å². The summed E-state index contributed by atoms with van der Waals surface area (Å²) in [6, 6.07) is 1.06. The monoisotopic (exact) mass is 570 g/mol. The van der Waals surface area contributed by atoms with Gasteiger partial charge in [0.2, 0.25) is 0 Å². The van der Waals surface area contributed by atoms with Gasteiger partial charge >= 0.3 is 5.97 Å². The predicted octanol–water partition coefficient (Wildman–Crippen LogP) is 2.78. The Morgan fingerprint density at radius 1 is 1.02 bits per heavy atom. The summed E-state index contributed by atoms with van der Waals surface area (Å²) in [5, 5.41) is 6.71. The van der Waals surface area contributed by atoms with Crippen LogP contribution in [0.4, 0.5) is 0 Å². The molecule has 6 rings (SSSR count). The first-order chi connectivity index (χ1) is 20.0. The number of hydrogen-bond donors (Lipinski definition) is 2. The van der Waals surface area contributed by atoms with Gasteiger partial charge in [-0.1, -0.05) is 19.3 Å². The SMILES string of the molecule is CCOC(=O)CCNC(=O)C1=CN2C3C(CCC4CCCCC43)OC3C(NCCC4CCCN4C)CCC(C1=O)C32. The lowest BCUT2D eigenvalue weighted by Crippen LogP contribution is -2.72. The van der Waals surface area contributed by atoms with Crippen LogP contribution in [0.3, 0.4) is 0 Å². The number of hydrogen-bond acceptors (Lipinski definition) is 8. The lowest BCUT2D eigenvalue weighted by atomic mass is 9.63. The number of likely N-dealkylation sites (tertiary alicyclic amines) is 1. The number of carbonyl (C=O) groups is 3. The minimum absolute atomic E-state index is 0.0269. The Hall–Kier alpha value is -1.97. The van der Waals surface area contributed by atoms with Crippen LogP contribution in [0.25, 0.3) is 0 Å². The van der Waals surface area contributed by atoms with Crippen molar-refractivity contribution in [3.8, 4) is 0 Å². The Bertz CT molecular complexity index is 1020. The molecule has 5 fully saturated rings. The van der Waals surface area contributed by atoms with E-state index >= 15 is 0 Å². The summed E-state index contributed by atoms with van der Waals surface area (Å²) in [4.78, 5) is 44.0. The van der Waals surface area contributed by atoms with Gasteiger partial charge in [0.05, 0.1) is 42.9 Å². The Balaban J connectivity index is 1.22. The van der Waals surface area contributed by atoms with Crippen LogP contribution >= 0.6 is 0 Å². The number of fused-ring (bicyclic) bond motifs is 4. The Morgan fingerprint density at radius 2 is 1.88 bits per heavy atom. The smallest absolute Gasteiger partial charge is 0.307 e. The van der Waals surface area contributed by atoms with E-state index in [2.05, 4.69) is 27.5 Å². The van der Waals surface area contributed by atoms with Crippen LogP contribution in [-0.2, 0) is 23.9 Å². The molecule has 2 N–H and O–H groups in total. The van der Waals surface area contributed by atoms with Gasteiger partial charge in [-0.2, -0.15) is 0 Å². The second-order valence-corrected chi connectivity index (χ2v) is 13.4. The standard InChI is InChI=1S/C32H50N4O5/c1-3-40-27(37)15-17-34-32(39)24-19-36-28-22-9-5-4-7-20(22)10-13-26(28)41-31-25(12-11-23(29(31)36)30(24)38)33-16-14-21-8-6-18-35(21)2/h19-23,25-26,28-29,31,33H,3-18H2,1-2H3,(H,34,39). The fourth-order valence-corrected chi connectivity index (χ4v) is 9.19. The van der Waals surface area contributed by atoms with Gasteiger partial charge in [-0.05, 0) is 90.3 Å². The molecule has 2 saturated heterocycles. The van der Waals surface area contributed by atoms with Crippen molar-refractivity contribution in [1.29, 1.82) is 0 Å². The predicted molar refractivity (Wildman–Crippen MR) is 155 cm³/mol. The van der Waals surface area contributed by atoms with Gasteiger partial charge in [0, 0.05) is 30.7 Å². The number of ketones is 1. The third-order valence-electron chi connectivity index (χ3n) is 11.2. The first-order valence-corrected chi connectivity index (χ1v) is 16.5. The van der Waals surface area contributed by atoms with E-state index in [1.807, 2.05) is 6.20 Å². The molecule has 9 atom stereocenters. The average molecular weight is 571 g/mol. The molecule has 41 heavy (non-hydrogen) atoms. The number of rotatable bonds is 9. The van der Waals surface area contributed by atoms with Crippen LogP contribution in [0.5, 0.6) is 0 Å². The molecule has 0 aromatic carbocycles. The number of carbonyl (C=O) groups excluding carboxylic acids is 3. The van der Waals surface area contributed by atoms with Crippen LogP contribution in [0.1, 0.15) is 84.0 Å². The number of esters is 1. The summed E-state index contributed by atoms with van der Waals surface area (Å²) in [6.07, 6.45) is 14.7. The van der Waals surface area contributed by atoms with Crippen molar-refractivity contribution in [2.75, 3.05) is 33.3 Å². The summed E-state index contributed by atoms with van der Waals surface area (Å²) in [5.74, 6) is 0.250. The second-order valence-electron chi connectivity index (χ2n) is 13.4. The van der Waals surface area contributed by atoms with E-state index in [9.17, 15) is 14.4 Å². The number of Topliss-reactive ketones (excluding diaryl/α,β-unsaturated/α-hetero) is 1. The van der Waals surface area contributed by atoms with Gasteiger partial charge in [-0.25, -0.2) is 0 Å². The molecule has 0 bridgehead atoms. The van der Waals surface area contributed by atoms with Gasteiger partial charge in [-0.15, -0.1) is 0 Å². The second kappa shape index (κ2) is 12.7. The maximum absolute atomic E-state index is 13.9. The molecule has 3 saturated carbocycles. The van der Waals surface area contributed by atoms with Crippen LogP contribution in [0.15, 0.2) is 11.8 Å². The lowest BCUT2D eigenvalue weighted by Gasteiger charge is -2.61. The molecular weight excluding hydrogens is 520 g/mol. The largest absolute Gasteiger partial charge is 0.466 e. The highest BCUT2D eigenvalue weighted by atomic mass is 16.5. The van der Waals surface area contributed by atoms with Crippen molar-refractivity contribution >= 4 is 17.7 Å². The van der Waals surface area contributed by atoms with E-state index < -0.39 is 0 Å². The van der Waals surface area contributed by atoms with Crippen LogP contribution in [-0.4, -0.2) is 97.1 Å². The van der Waals surface area contributed by atoms with Crippen molar-refractivity contribution in [2.45, 2.75) is 120 Å². The van der Waals surface area contributed by atoms with Crippen LogP contribution in [0.2, 0.25) is 0 Å². The zero-order chi connectivity index (χ0) is 28.5. The zero-order valence-electron chi connectivity index (χ0n) is 25.0. The number of morpholine rings is 1. The molecular formula is C32H50N4O5. The maximum Gasteiger partial charge on any atom is 0.307 e. The number of nitrogens with one attached hydrogen (secondary N) is 2. The molecule has 9 nitrogen and oxygen atoms in total. The highest BCUT2D eigenvalue weighted by molar-refractivity contribution is 6.20. The van der Waals surface area contributed by atoms with E-state index in [0.717, 1.165) is 32.2 Å². The Labute approximate surface area is 245 Å². The fraction of sp³-hybridized carbons (Fsp3) is 0.844. The molecule has 3 heterocycles. The summed E-state index contributed by atoms with van der Waals surface area (Å²) >= 11 is 0. The molecule has 9 heteroatoms. The van der Waals surface area contributed by atoms with Gasteiger partial charge in [0.15, 0.2) is 5.78 Å². The van der Waals surface area contributed by atoms with E-state index in [1.165, 1.54) is 51.5 Å². The lowest BCUT2D eigenvalue weighted by molar-refractivity contribution is -0.207. The molecule has 0 spiro atoms. The molecule has 1 amide bonds. The maximum atomic E-state index is 13.9. The van der Waals surface area contributed by atoms with E-state index in [0.29, 0.717) is 24.5 Å². The summed E-state index contributed by atoms with van der Waals surface area (Å²) < 4.78 is 12.0. The van der Waals surface area contributed by atoms with Gasteiger partial charge in [-0.3, -0.25) is 14.4 Å². The Kier molecular flexibility index (Phi) is 9.03. The quantitative estimate of drug-likeness (QED) is 0.323. The van der Waals surface area contributed by atoms with Gasteiger partial charge in [0.25, 0.3) is 5.91 Å². The molecule has 228 valence electrons. The van der Waals surface area contributed by atoms with Crippen molar-refractivity contribution in [1.82, 2.24) is 20.4 Å². The first kappa shape index (κ1) is 29.1. The fourth-order valence-electron chi connectivity index (χ4n) is 9.19.